The van der Waals surface area contributed by atoms with Crippen LogP contribution in [0.2, 0.25) is 0 Å². The molecule has 0 atom stereocenters. The lowest BCUT2D eigenvalue weighted by Gasteiger charge is -2.27. The van der Waals surface area contributed by atoms with Crippen molar-refractivity contribution in [2.75, 3.05) is 27.2 Å². The summed E-state index contributed by atoms with van der Waals surface area (Å²) < 4.78 is 4.90. The van der Waals surface area contributed by atoms with E-state index in [1.807, 2.05) is 0 Å². The van der Waals surface area contributed by atoms with Crippen molar-refractivity contribution < 1.29 is 0 Å². The molecule has 0 rings (SSSR count). The van der Waals surface area contributed by atoms with Gasteiger partial charge in [-0.15, -0.1) is 0 Å². The van der Waals surface area contributed by atoms with Gasteiger partial charge in [-0.3, -0.25) is 0 Å². The summed E-state index contributed by atoms with van der Waals surface area (Å²) in [6.45, 7) is 6.01. The Kier molecular flexibility index (Phi) is 5.99. The fourth-order valence-electron chi connectivity index (χ4n) is 0.638. The second-order valence-corrected chi connectivity index (χ2v) is 8.18. The summed E-state index contributed by atoms with van der Waals surface area (Å²) >= 11 is 2.58. The van der Waals surface area contributed by atoms with Gasteiger partial charge in [0, 0.05) is 0 Å². The maximum atomic E-state index is 2.58. The third kappa shape index (κ3) is 3.31. The number of hydrogen-bond donors (Lipinski definition) is 0. The smallest absolute Gasteiger partial charge is 0.258 e. The number of halogens is 1. The van der Waals surface area contributed by atoms with E-state index in [4.69, 9.17) is 0 Å². The van der Waals surface area contributed by atoms with Crippen molar-refractivity contribution in [2.24, 2.45) is 0 Å². The highest BCUT2D eigenvalue weighted by Crippen LogP contribution is 2.03. The van der Waals surface area contributed by atoms with Gasteiger partial charge in [0.25, 0.3) is 6.62 Å². The van der Waals surface area contributed by atoms with E-state index in [1.165, 1.54) is 13.1 Å². The lowest BCUT2D eigenvalue weighted by molar-refractivity contribution is 0.464. The van der Waals surface area contributed by atoms with Crippen molar-refractivity contribution in [1.29, 1.82) is 0 Å². The SMILES string of the molecule is CCN(C)[SiH](I)N(C)CC. The summed E-state index contributed by atoms with van der Waals surface area (Å²) in [7, 11) is 4.41. The molecule has 0 saturated carbocycles. The summed E-state index contributed by atoms with van der Waals surface area (Å²) in [5.41, 5.74) is 0. The molecule has 0 saturated heterocycles. The van der Waals surface area contributed by atoms with Gasteiger partial charge in [0.05, 0.1) is 0 Å². The van der Waals surface area contributed by atoms with Gasteiger partial charge in [-0.05, 0) is 27.2 Å². The molecular formula is C6H17IN2Si. The van der Waals surface area contributed by atoms with E-state index in [0.717, 1.165) is 0 Å². The molecule has 0 aliphatic carbocycles. The summed E-state index contributed by atoms with van der Waals surface area (Å²) in [5, 5.41) is 0. The van der Waals surface area contributed by atoms with Gasteiger partial charge in [0.2, 0.25) is 0 Å². The van der Waals surface area contributed by atoms with Crippen LogP contribution in [0.3, 0.4) is 0 Å². The molecule has 4 heteroatoms. The zero-order chi connectivity index (χ0) is 8.15. The molecule has 0 radical (unpaired) electrons. The average molecular weight is 272 g/mol. The first-order chi connectivity index (χ1) is 4.63. The molecule has 0 spiro atoms. The maximum absolute atomic E-state index is 2.58. The Morgan fingerprint density at radius 2 is 1.40 bits per heavy atom. The van der Waals surface area contributed by atoms with Gasteiger partial charge in [0.15, 0.2) is 0 Å². The molecule has 0 aromatic heterocycles. The highest BCUT2D eigenvalue weighted by atomic mass is 127. The summed E-state index contributed by atoms with van der Waals surface area (Å²) in [6, 6.07) is 0. The Balaban J connectivity index is 3.69. The zero-order valence-corrected chi connectivity index (χ0v) is 10.6. The lowest BCUT2D eigenvalue weighted by atomic mass is 10.8. The van der Waals surface area contributed by atoms with E-state index >= 15 is 0 Å². The minimum atomic E-state index is -0.754. The standard InChI is InChI=1S/C6H17IN2Si/c1-5-8(3)10(7)9(4)6-2/h10H,5-6H2,1-4H3. The molecule has 0 fully saturated rings. The molecule has 0 aliphatic heterocycles. The van der Waals surface area contributed by atoms with Gasteiger partial charge in [-0.1, -0.05) is 35.6 Å². The Morgan fingerprint density at radius 1 is 1.10 bits per heavy atom. The predicted octanol–water partition coefficient (Wildman–Crippen LogP) is 1.04. The molecule has 0 heterocycles. The van der Waals surface area contributed by atoms with E-state index < -0.39 is 6.62 Å². The van der Waals surface area contributed by atoms with Crippen LogP contribution in [0.15, 0.2) is 0 Å². The van der Waals surface area contributed by atoms with Crippen molar-refractivity contribution in [2.45, 2.75) is 13.8 Å². The van der Waals surface area contributed by atoms with Crippen molar-refractivity contribution in [1.82, 2.24) is 9.13 Å². The normalized spacial score (nSPS) is 12.0. The Morgan fingerprint density at radius 3 is 1.60 bits per heavy atom. The fourth-order valence-corrected chi connectivity index (χ4v) is 4.28. The van der Waals surface area contributed by atoms with Crippen molar-refractivity contribution in [3.05, 3.63) is 0 Å². The monoisotopic (exact) mass is 272 g/mol. The van der Waals surface area contributed by atoms with E-state index in [2.05, 4.69) is 58.9 Å². The van der Waals surface area contributed by atoms with E-state index in [9.17, 15) is 0 Å². The Bertz CT molecular complexity index is 81.8. The quantitative estimate of drug-likeness (QED) is 0.429. The minimum Gasteiger partial charge on any atom is -0.309 e. The van der Waals surface area contributed by atoms with Crippen LogP contribution in [0, 0.1) is 0 Å². The highest BCUT2D eigenvalue weighted by molar-refractivity contribution is 14.1. The first-order valence-corrected chi connectivity index (χ1v) is 8.88. The van der Waals surface area contributed by atoms with Crippen LogP contribution in [0.5, 0.6) is 0 Å². The van der Waals surface area contributed by atoms with Crippen LogP contribution in [0.4, 0.5) is 0 Å². The third-order valence-electron chi connectivity index (χ3n) is 1.73. The summed E-state index contributed by atoms with van der Waals surface area (Å²) in [6.07, 6.45) is 0. The molecule has 0 amide bonds. The van der Waals surface area contributed by atoms with E-state index in [-0.39, 0.29) is 0 Å². The van der Waals surface area contributed by atoms with Crippen LogP contribution < -0.4 is 0 Å². The molecule has 62 valence electrons. The number of rotatable bonds is 4. The van der Waals surface area contributed by atoms with Crippen LogP contribution in [-0.4, -0.2) is 42.9 Å². The second-order valence-electron chi connectivity index (χ2n) is 2.46. The third-order valence-corrected chi connectivity index (χ3v) is 9.62. The predicted molar refractivity (Wildman–Crippen MR) is 57.8 cm³/mol. The fraction of sp³-hybridized carbons (Fsp3) is 1.00. The molecule has 0 N–H and O–H groups in total. The molecule has 0 aromatic carbocycles. The second kappa shape index (κ2) is 5.51. The maximum Gasteiger partial charge on any atom is 0.258 e. The minimum absolute atomic E-state index is 0.754. The molecule has 0 aromatic rings. The van der Waals surface area contributed by atoms with Gasteiger partial charge >= 0.3 is 0 Å². The van der Waals surface area contributed by atoms with Gasteiger partial charge in [-0.25, -0.2) is 0 Å². The van der Waals surface area contributed by atoms with Gasteiger partial charge in [-0.2, -0.15) is 0 Å². The van der Waals surface area contributed by atoms with Gasteiger partial charge < -0.3 is 9.13 Å². The van der Waals surface area contributed by atoms with E-state index in [1.54, 1.807) is 0 Å². The average Bonchev–Trinajstić information content (AvgIpc) is 2.00. The Labute approximate surface area is 78.6 Å². The van der Waals surface area contributed by atoms with Crippen molar-refractivity contribution >= 4 is 28.4 Å². The largest absolute Gasteiger partial charge is 0.309 e. The first-order valence-electron chi connectivity index (χ1n) is 3.68. The summed E-state index contributed by atoms with van der Waals surface area (Å²) in [5.74, 6) is 0. The summed E-state index contributed by atoms with van der Waals surface area (Å²) in [4.78, 5) is 0. The number of nitrogens with zero attached hydrogens (tertiary/aromatic N) is 2. The number of hydrogen-bond acceptors (Lipinski definition) is 2. The molecule has 0 aliphatic rings. The zero-order valence-electron chi connectivity index (χ0n) is 7.26. The van der Waals surface area contributed by atoms with Crippen LogP contribution in [0.25, 0.3) is 0 Å². The van der Waals surface area contributed by atoms with Crippen LogP contribution in [0.1, 0.15) is 13.8 Å². The molecule has 0 bridgehead atoms. The lowest BCUT2D eigenvalue weighted by Crippen LogP contribution is -2.44. The molecule has 0 unspecified atom stereocenters. The van der Waals surface area contributed by atoms with Crippen LogP contribution in [-0.2, 0) is 0 Å². The van der Waals surface area contributed by atoms with Crippen molar-refractivity contribution in [3.63, 3.8) is 0 Å². The van der Waals surface area contributed by atoms with E-state index in [0.29, 0.717) is 0 Å². The topological polar surface area (TPSA) is 6.48 Å². The Hall–Kier alpha value is 0.867. The molecular weight excluding hydrogens is 255 g/mol. The van der Waals surface area contributed by atoms with Crippen molar-refractivity contribution in [3.8, 4) is 0 Å². The highest BCUT2D eigenvalue weighted by Gasteiger charge is 2.15. The molecule has 10 heavy (non-hydrogen) atoms. The van der Waals surface area contributed by atoms with Gasteiger partial charge in [0.1, 0.15) is 0 Å². The van der Waals surface area contributed by atoms with Crippen LogP contribution >= 0.6 is 21.8 Å². The first kappa shape index (κ1) is 10.9. The molecule has 2 nitrogen and oxygen atoms in total.